The summed E-state index contributed by atoms with van der Waals surface area (Å²) in [6.45, 7) is -0.172. The molecule has 2 aromatic heterocycles. The van der Waals surface area contributed by atoms with Gasteiger partial charge in [0.1, 0.15) is 21.9 Å². The maximum atomic E-state index is 13.7. The van der Waals surface area contributed by atoms with E-state index in [1.165, 1.54) is 33.7 Å². The van der Waals surface area contributed by atoms with E-state index in [1.54, 1.807) is 11.9 Å². The predicted molar refractivity (Wildman–Crippen MR) is 117 cm³/mol. The molecule has 0 saturated carbocycles. The fourth-order valence-electron chi connectivity index (χ4n) is 2.88. The second kappa shape index (κ2) is 7.42. The van der Waals surface area contributed by atoms with E-state index in [1.807, 2.05) is 29.0 Å². The van der Waals surface area contributed by atoms with Crippen LogP contribution >= 0.6 is 39.0 Å². The van der Waals surface area contributed by atoms with E-state index < -0.39 is 15.9 Å². The molecule has 12 heteroatoms. The number of aryl methyl sites for hydroxylation is 1. The predicted octanol–water partition coefficient (Wildman–Crippen LogP) is 3.52. The fourth-order valence-corrected chi connectivity index (χ4v) is 5.80. The first-order valence-corrected chi connectivity index (χ1v) is 12.5. The summed E-state index contributed by atoms with van der Waals surface area (Å²) in [6.07, 6.45) is 2.75. The molecule has 3 aromatic rings. The lowest BCUT2D eigenvalue weighted by Crippen LogP contribution is -2.38. The molecule has 0 fully saturated rings. The molecule has 1 aliphatic heterocycles. The number of carbonyl (C=O) groups is 1. The van der Waals surface area contributed by atoms with Crippen LogP contribution in [0.25, 0.3) is 16.4 Å². The molecule has 0 unspecified atom stereocenters. The molecule has 4 rings (SSSR count). The van der Waals surface area contributed by atoms with E-state index in [9.17, 15) is 17.6 Å². The van der Waals surface area contributed by atoms with Gasteiger partial charge in [-0.1, -0.05) is 39.0 Å². The maximum absolute atomic E-state index is 13.7. The van der Waals surface area contributed by atoms with Crippen molar-refractivity contribution in [3.8, 4) is 0 Å². The standard InChI is InChI=1S/C17H14BrFN4O3S3/c1-22-13(19)6-10-17(22)28-15(20-10)7-16-23(8-14(24)21-29(2,25)26)11-5-9(18)3-4-12(11)27-16/h3-7H,8H2,1-2H3,(H,21,24)/b16-7-. The van der Waals surface area contributed by atoms with Crippen molar-refractivity contribution in [1.82, 2.24) is 14.3 Å². The van der Waals surface area contributed by atoms with Crippen LogP contribution in [0.4, 0.5) is 10.1 Å². The highest BCUT2D eigenvalue weighted by Gasteiger charge is 2.28. The summed E-state index contributed by atoms with van der Waals surface area (Å²) in [6, 6.07) is 7.05. The van der Waals surface area contributed by atoms with Crippen molar-refractivity contribution in [1.29, 1.82) is 0 Å². The Bertz CT molecular complexity index is 1280. The number of nitrogens with one attached hydrogen (secondary N) is 1. The number of hydrogen-bond acceptors (Lipinski definition) is 7. The summed E-state index contributed by atoms with van der Waals surface area (Å²) < 4.78 is 40.7. The number of sulfonamides is 1. The van der Waals surface area contributed by atoms with E-state index in [-0.39, 0.29) is 12.5 Å². The summed E-state index contributed by atoms with van der Waals surface area (Å²) in [5, 5.41) is 1.38. The van der Waals surface area contributed by atoms with E-state index in [2.05, 4.69) is 20.9 Å². The SMILES string of the molecule is Cn1c(F)cc2nc(/C=C3\Sc4ccc(Br)cc4N3CC(=O)NS(C)(=O)=O)sc21. The van der Waals surface area contributed by atoms with Crippen molar-refractivity contribution < 1.29 is 17.6 Å². The summed E-state index contributed by atoms with van der Waals surface area (Å²) in [5.74, 6) is -0.997. The second-order valence-corrected chi connectivity index (χ2v) is 11.1. The zero-order valence-electron chi connectivity index (χ0n) is 15.1. The Morgan fingerprint density at radius 3 is 2.83 bits per heavy atom. The first kappa shape index (κ1) is 20.4. The molecule has 0 atom stereocenters. The van der Waals surface area contributed by atoms with E-state index >= 15 is 0 Å². The van der Waals surface area contributed by atoms with E-state index in [0.717, 1.165) is 26.3 Å². The Hall–Kier alpha value is -1.89. The van der Waals surface area contributed by atoms with Gasteiger partial charge < -0.3 is 9.47 Å². The fraction of sp³-hybridized carbons (Fsp3) is 0.176. The molecule has 0 radical (unpaired) electrons. The summed E-state index contributed by atoms with van der Waals surface area (Å²) in [7, 11) is -2.02. The van der Waals surface area contributed by atoms with Gasteiger partial charge in [0.25, 0.3) is 5.91 Å². The quantitative estimate of drug-likeness (QED) is 0.570. The van der Waals surface area contributed by atoms with Gasteiger partial charge in [0.05, 0.1) is 17.0 Å². The zero-order valence-corrected chi connectivity index (χ0v) is 19.2. The van der Waals surface area contributed by atoms with Crippen molar-refractivity contribution in [2.45, 2.75) is 4.90 Å². The number of rotatable bonds is 4. The monoisotopic (exact) mass is 516 g/mol. The van der Waals surface area contributed by atoms with Crippen LogP contribution in [0.1, 0.15) is 5.01 Å². The van der Waals surface area contributed by atoms with Gasteiger partial charge in [-0.3, -0.25) is 9.52 Å². The average Bonchev–Trinajstić information content (AvgIpc) is 3.21. The van der Waals surface area contributed by atoms with E-state index in [0.29, 0.717) is 15.4 Å². The number of fused-ring (bicyclic) bond motifs is 2. The molecule has 29 heavy (non-hydrogen) atoms. The number of benzene rings is 1. The van der Waals surface area contributed by atoms with Crippen LogP contribution in [0.5, 0.6) is 0 Å². The molecule has 0 saturated heterocycles. The van der Waals surface area contributed by atoms with Gasteiger partial charge in [0, 0.05) is 28.6 Å². The number of thiazole rings is 1. The van der Waals surface area contributed by atoms with Crippen LogP contribution in [-0.2, 0) is 21.9 Å². The maximum Gasteiger partial charge on any atom is 0.253 e. The smallest absolute Gasteiger partial charge is 0.253 e. The molecule has 152 valence electrons. The van der Waals surface area contributed by atoms with Gasteiger partial charge in [0.2, 0.25) is 10.0 Å². The Balaban J connectivity index is 1.71. The molecular formula is C17H14BrFN4O3S3. The highest BCUT2D eigenvalue weighted by molar-refractivity contribution is 9.10. The highest BCUT2D eigenvalue weighted by atomic mass is 79.9. The van der Waals surface area contributed by atoms with Crippen LogP contribution in [0.3, 0.4) is 0 Å². The first-order valence-electron chi connectivity index (χ1n) is 8.20. The Labute approximate surface area is 182 Å². The number of nitrogens with zero attached hydrogens (tertiary/aromatic N) is 3. The molecule has 1 aromatic carbocycles. The molecule has 0 aliphatic carbocycles. The van der Waals surface area contributed by atoms with Crippen molar-refractivity contribution in [2.75, 3.05) is 17.7 Å². The lowest BCUT2D eigenvalue weighted by molar-refractivity contribution is -0.117. The highest BCUT2D eigenvalue weighted by Crippen LogP contribution is 2.47. The topological polar surface area (TPSA) is 84.3 Å². The Morgan fingerprint density at radius 1 is 1.38 bits per heavy atom. The number of anilines is 1. The molecule has 7 nitrogen and oxygen atoms in total. The summed E-state index contributed by atoms with van der Waals surface area (Å²) >= 11 is 6.21. The molecule has 0 bridgehead atoms. The van der Waals surface area contributed by atoms with Crippen molar-refractivity contribution >= 4 is 77.1 Å². The largest absolute Gasteiger partial charge is 0.325 e. The zero-order chi connectivity index (χ0) is 20.9. The third-order valence-corrected chi connectivity index (χ3v) is 7.37. The summed E-state index contributed by atoms with van der Waals surface area (Å²) in [5.41, 5.74) is 1.35. The Morgan fingerprint density at radius 2 is 2.14 bits per heavy atom. The number of amides is 1. The van der Waals surface area contributed by atoms with Gasteiger partial charge in [0.15, 0.2) is 5.95 Å². The lowest BCUT2D eigenvalue weighted by atomic mass is 10.3. The molecule has 1 N–H and O–H groups in total. The van der Waals surface area contributed by atoms with Crippen molar-refractivity contribution in [3.05, 3.63) is 44.7 Å². The normalized spacial score (nSPS) is 15.3. The number of hydrogen-bond donors (Lipinski definition) is 1. The lowest BCUT2D eigenvalue weighted by Gasteiger charge is -2.19. The van der Waals surface area contributed by atoms with Crippen LogP contribution < -0.4 is 9.62 Å². The minimum absolute atomic E-state index is 0.172. The van der Waals surface area contributed by atoms with Gasteiger partial charge in [-0.2, -0.15) is 4.39 Å². The molecule has 0 spiro atoms. The number of thioether (sulfide) groups is 1. The van der Waals surface area contributed by atoms with Crippen molar-refractivity contribution in [2.24, 2.45) is 7.05 Å². The Kier molecular flexibility index (Phi) is 5.21. The van der Waals surface area contributed by atoms with Gasteiger partial charge in [-0.15, -0.1) is 0 Å². The second-order valence-electron chi connectivity index (χ2n) is 6.35. The van der Waals surface area contributed by atoms with Gasteiger partial charge in [-0.05, 0) is 18.2 Å². The van der Waals surface area contributed by atoms with Crippen LogP contribution in [0.15, 0.2) is 38.7 Å². The molecule has 3 heterocycles. The summed E-state index contributed by atoms with van der Waals surface area (Å²) in [4.78, 5) is 20.1. The number of halogens is 2. The van der Waals surface area contributed by atoms with Gasteiger partial charge >= 0.3 is 0 Å². The van der Waals surface area contributed by atoms with Crippen LogP contribution in [0.2, 0.25) is 0 Å². The van der Waals surface area contributed by atoms with Crippen molar-refractivity contribution in [3.63, 3.8) is 0 Å². The number of aromatic nitrogens is 2. The molecular weight excluding hydrogens is 503 g/mol. The average molecular weight is 517 g/mol. The molecule has 1 aliphatic rings. The third kappa shape index (κ3) is 4.20. The number of carbonyl (C=O) groups excluding carboxylic acids is 1. The minimum Gasteiger partial charge on any atom is -0.325 e. The minimum atomic E-state index is -3.66. The molecule has 1 amide bonds. The first-order chi connectivity index (χ1) is 13.6. The third-order valence-electron chi connectivity index (χ3n) is 4.07. The van der Waals surface area contributed by atoms with E-state index in [4.69, 9.17) is 0 Å². The van der Waals surface area contributed by atoms with Crippen LogP contribution in [-0.4, -0.2) is 36.7 Å². The van der Waals surface area contributed by atoms with Gasteiger partial charge in [-0.25, -0.2) is 13.4 Å². The van der Waals surface area contributed by atoms with Crippen LogP contribution in [0, 0.1) is 5.95 Å².